The molecular weight excluding hydrogens is 340 g/mol. The highest BCUT2D eigenvalue weighted by Crippen LogP contribution is 2.24. The van der Waals surface area contributed by atoms with Crippen molar-refractivity contribution in [2.24, 2.45) is 0 Å². The van der Waals surface area contributed by atoms with Crippen molar-refractivity contribution in [1.29, 1.82) is 0 Å². The maximum absolute atomic E-state index is 11.2. The molecule has 6 nitrogen and oxygen atoms in total. The van der Waals surface area contributed by atoms with E-state index in [4.69, 9.17) is 0 Å². The number of rotatable bonds is 7. The number of carboxylic acid groups (broad SMARTS) is 1. The van der Waals surface area contributed by atoms with E-state index in [0.717, 1.165) is 35.7 Å². The number of nitrogens with zero attached hydrogens (tertiary/aromatic N) is 1. The minimum atomic E-state index is -0.795. The molecule has 1 aromatic heterocycles. The first-order valence-corrected chi connectivity index (χ1v) is 9.47. The van der Waals surface area contributed by atoms with Gasteiger partial charge in [0.2, 0.25) is 0 Å². The lowest BCUT2D eigenvalue weighted by Crippen LogP contribution is -2.48. The van der Waals surface area contributed by atoms with Crippen molar-refractivity contribution < 1.29 is 9.90 Å². The number of aromatic nitrogens is 1. The minimum absolute atomic E-state index is 0.248. The summed E-state index contributed by atoms with van der Waals surface area (Å²) in [5, 5.41) is 19.7. The quantitative estimate of drug-likeness (QED) is 0.600. The summed E-state index contributed by atoms with van der Waals surface area (Å²) >= 11 is 0. The zero-order chi connectivity index (χ0) is 19.4. The molecule has 0 bridgehead atoms. The molecule has 0 amide bonds. The Morgan fingerprint density at radius 2 is 2.04 bits per heavy atom. The van der Waals surface area contributed by atoms with Gasteiger partial charge in [0.05, 0.1) is 17.6 Å². The van der Waals surface area contributed by atoms with Crippen LogP contribution in [0.5, 0.6) is 0 Å². The Labute approximate surface area is 160 Å². The number of anilines is 2. The van der Waals surface area contributed by atoms with Crippen LogP contribution in [0, 0.1) is 0 Å². The molecular formula is C21H28N4O2. The number of aliphatic carboxylic acids is 1. The fourth-order valence-electron chi connectivity index (χ4n) is 3.31. The number of hydrogen-bond donors (Lipinski definition) is 4. The number of carboxylic acids is 1. The van der Waals surface area contributed by atoms with E-state index in [1.54, 1.807) is 13.1 Å². The average Bonchev–Trinajstić information content (AvgIpc) is 2.70. The summed E-state index contributed by atoms with van der Waals surface area (Å²) in [6, 6.07) is 12.4. The van der Waals surface area contributed by atoms with E-state index in [1.165, 1.54) is 0 Å². The Morgan fingerprint density at radius 3 is 2.81 bits per heavy atom. The standard InChI is InChI=1S/C21H28N4O2/c1-13(16-6-4-7-17(10-16)14(2)21(26)27)11-23-15(3)19-12-24-18-8-5-9-22-20(18)25-19/h4-10,13-15,19,23-24H,11-12H2,1-3H3,(H,22,25)(H,26,27)/t13-,14+,15+,19+/m0/s1. The highest BCUT2D eigenvalue weighted by molar-refractivity contribution is 5.75. The van der Waals surface area contributed by atoms with Crippen LogP contribution in [0.4, 0.5) is 11.5 Å². The molecule has 0 spiro atoms. The first-order valence-electron chi connectivity index (χ1n) is 9.47. The van der Waals surface area contributed by atoms with Crippen LogP contribution in [0.15, 0.2) is 42.6 Å². The molecule has 0 radical (unpaired) electrons. The highest BCUT2D eigenvalue weighted by atomic mass is 16.4. The first-order chi connectivity index (χ1) is 13.0. The maximum Gasteiger partial charge on any atom is 0.310 e. The summed E-state index contributed by atoms with van der Waals surface area (Å²) in [6.07, 6.45) is 1.79. The van der Waals surface area contributed by atoms with E-state index >= 15 is 0 Å². The zero-order valence-corrected chi connectivity index (χ0v) is 16.1. The first kappa shape index (κ1) is 19.2. The van der Waals surface area contributed by atoms with E-state index < -0.39 is 11.9 Å². The van der Waals surface area contributed by atoms with Crippen molar-refractivity contribution in [1.82, 2.24) is 10.3 Å². The third-order valence-electron chi connectivity index (χ3n) is 5.34. The molecule has 6 heteroatoms. The molecule has 0 unspecified atom stereocenters. The third-order valence-corrected chi connectivity index (χ3v) is 5.34. The van der Waals surface area contributed by atoms with Crippen molar-refractivity contribution >= 4 is 17.5 Å². The van der Waals surface area contributed by atoms with Crippen LogP contribution in [0.25, 0.3) is 0 Å². The van der Waals surface area contributed by atoms with Gasteiger partial charge >= 0.3 is 5.97 Å². The molecule has 2 aromatic rings. The van der Waals surface area contributed by atoms with Crippen molar-refractivity contribution in [2.75, 3.05) is 23.7 Å². The lowest BCUT2D eigenvalue weighted by Gasteiger charge is -2.32. The Balaban J connectivity index is 1.57. The van der Waals surface area contributed by atoms with Gasteiger partial charge in [-0.05, 0) is 43.0 Å². The summed E-state index contributed by atoms with van der Waals surface area (Å²) in [5.74, 6) is -0.105. The normalized spacial score (nSPS) is 19.1. The van der Waals surface area contributed by atoms with Crippen molar-refractivity contribution in [3.8, 4) is 0 Å². The van der Waals surface area contributed by atoms with Gasteiger partial charge in [-0.1, -0.05) is 31.2 Å². The molecule has 0 saturated heterocycles. The molecule has 4 atom stereocenters. The topological polar surface area (TPSA) is 86.3 Å². The van der Waals surface area contributed by atoms with E-state index in [0.29, 0.717) is 0 Å². The number of pyridine rings is 1. The highest BCUT2D eigenvalue weighted by Gasteiger charge is 2.23. The molecule has 0 fully saturated rings. The van der Waals surface area contributed by atoms with E-state index in [9.17, 15) is 9.90 Å². The largest absolute Gasteiger partial charge is 0.481 e. The van der Waals surface area contributed by atoms with Gasteiger partial charge in [-0.25, -0.2) is 4.98 Å². The summed E-state index contributed by atoms with van der Waals surface area (Å²) in [5.41, 5.74) is 3.04. The van der Waals surface area contributed by atoms with Crippen molar-refractivity contribution in [3.63, 3.8) is 0 Å². The fourth-order valence-corrected chi connectivity index (χ4v) is 3.31. The van der Waals surface area contributed by atoms with Gasteiger partial charge in [0.25, 0.3) is 0 Å². The lowest BCUT2D eigenvalue weighted by atomic mass is 9.94. The van der Waals surface area contributed by atoms with E-state index in [1.807, 2.05) is 30.3 Å². The molecule has 1 aromatic carbocycles. The Morgan fingerprint density at radius 1 is 1.26 bits per heavy atom. The van der Waals surface area contributed by atoms with Crippen LogP contribution in [-0.4, -0.2) is 41.2 Å². The van der Waals surface area contributed by atoms with Gasteiger partial charge in [-0.15, -0.1) is 0 Å². The summed E-state index contributed by atoms with van der Waals surface area (Å²) in [4.78, 5) is 15.6. The average molecular weight is 368 g/mol. The predicted molar refractivity (Wildman–Crippen MR) is 109 cm³/mol. The Hall–Kier alpha value is -2.60. The number of fused-ring (bicyclic) bond motifs is 1. The molecule has 1 aliphatic heterocycles. The second kappa shape index (κ2) is 8.39. The Bertz CT molecular complexity index is 795. The van der Waals surface area contributed by atoms with Gasteiger partial charge in [0, 0.05) is 25.3 Å². The summed E-state index contributed by atoms with van der Waals surface area (Å²) in [6.45, 7) is 7.71. The van der Waals surface area contributed by atoms with E-state index in [-0.39, 0.29) is 18.0 Å². The fraction of sp³-hybridized carbons (Fsp3) is 0.429. The van der Waals surface area contributed by atoms with Gasteiger partial charge in [0.1, 0.15) is 5.82 Å². The molecule has 27 heavy (non-hydrogen) atoms. The third kappa shape index (κ3) is 4.57. The van der Waals surface area contributed by atoms with Gasteiger partial charge < -0.3 is 21.1 Å². The number of hydrogen-bond acceptors (Lipinski definition) is 5. The van der Waals surface area contributed by atoms with Crippen LogP contribution in [0.2, 0.25) is 0 Å². The van der Waals surface area contributed by atoms with Crippen molar-refractivity contribution in [2.45, 2.75) is 44.7 Å². The van der Waals surface area contributed by atoms with Crippen LogP contribution >= 0.6 is 0 Å². The molecule has 1 aliphatic rings. The second-order valence-electron chi connectivity index (χ2n) is 7.36. The van der Waals surface area contributed by atoms with Gasteiger partial charge in [-0.2, -0.15) is 0 Å². The van der Waals surface area contributed by atoms with Gasteiger partial charge in [-0.3, -0.25) is 4.79 Å². The monoisotopic (exact) mass is 368 g/mol. The summed E-state index contributed by atoms with van der Waals surface area (Å²) < 4.78 is 0. The predicted octanol–water partition coefficient (Wildman–Crippen LogP) is 3.26. The molecule has 4 N–H and O–H groups in total. The zero-order valence-electron chi connectivity index (χ0n) is 16.1. The second-order valence-corrected chi connectivity index (χ2v) is 7.36. The smallest absolute Gasteiger partial charge is 0.310 e. The molecule has 3 rings (SSSR count). The molecule has 0 aliphatic carbocycles. The number of benzene rings is 1. The number of carbonyl (C=O) groups is 1. The van der Waals surface area contributed by atoms with Crippen LogP contribution in [0.3, 0.4) is 0 Å². The van der Waals surface area contributed by atoms with Gasteiger partial charge in [0.15, 0.2) is 0 Å². The summed E-state index contributed by atoms with van der Waals surface area (Å²) in [7, 11) is 0. The van der Waals surface area contributed by atoms with Crippen molar-refractivity contribution in [3.05, 3.63) is 53.7 Å². The maximum atomic E-state index is 11.2. The molecule has 2 heterocycles. The van der Waals surface area contributed by atoms with Crippen LogP contribution in [0.1, 0.15) is 43.7 Å². The Kier molecular flexibility index (Phi) is 5.96. The van der Waals surface area contributed by atoms with Crippen LogP contribution < -0.4 is 16.0 Å². The SMILES string of the molecule is C[C@@H](CN[C@H](C)[C@H]1CNc2cccnc2N1)c1cccc([C@@H](C)C(=O)O)c1. The lowest BCUT2D eigenvalue weighted by molar-refractivity contribution is -0.138. The van der Waals surface area contributed by atoms with E-state index in [2.05, 4.69) is 40.8 Å². The molecule has 144 valence electrons. The number of nitrogens with one attached hydrogen (secondary N) is 3. The van der Waals surface area contributed by atoms with Crippen LogP contribution in [-0.2, 0) is 4.79 Å². The minimum Gasteiger partial charge on any atom is -0.481 e. The molecule has 0 saturated carbocycles.